The molecule has 0 spiro atoms. The second-order valence-corrected chi connectivity index (χ2v) is 10.4. The summed E-state index contributed by atoms with van der Waals surface area (Å²) in [4.78, 5) is 44.7. The Bertz CT molecular complexity index is 1140. The van der Waals surface area contributed by atoms with E-state index in [0.717, 1.165) is 5.57 Å². The summed E-state index contributed by atoms with van der Waals surface area (Å²) < 4.78 is 11.4. The summed E-state index contributed by atoms with van der Waals surface area (Å²) in [7, 11) is 0. The molecule has 2 aliphatic rings. The standard InChI is InChI=1S/C29H40N4O6/c1-18-7-5-11-31-25(35)10-9-20(3)27(21(4)16-30)39-29(37)24-8-6-12-33(24)28(36)23-17-38-26(32-23)15-19(2)14-22(34)13-18/h5,7,9-10,13,17,20-22,24,27,34H,2,6,8,11-12,14-16,30H2,1,3-4H3,(H,31,35)/b7-5+,10-9+,18-13+/t20-,21?,22-,24-,27+/m1/s1. The van der Waals surface area contributed by atoms with Gasteiger partial charge in [0.05, 0.1) is 6.10 Å². The zero-order valence-corrected chi connectivity index (χ0v) is 23.0. The summed E-state index contributed by atoms with van der Waals surface area (Å²) in [6.07, 6.45) is 10.0. The van der Waals surface area contributed by atoms with Crippen LogP contribution in [0.3, 0.4) is 0 Å². The van der Waals surface area contributed by atoms with Crippen LogP contribution in [0.2, 0.25) is 0 Å². The number of nitrogens with two attached hydrogens (primary N) is 1. The summed E-state index contributed by atoms with van der Waals surface area (Å²) in [5.41, 5.74) is 7.52. The molecule has 39 heavy (non-hydrogen) atoms. The predicted octanol–water partition coefficient (Wildman–Crippen LogP) is 2.46. The molecule has 4 N–H and O–H groups in total. The summed E-state index contributed by atoms with van der Waals surface area (Å²) >= 11 is 0. The Balaban J connectivity index is 1.87. The van der Waals surface area contributed by atoms with E-state index in [9.17, 15) is 19.5 Å². The number of aliphatic hydroxyl groups excluding tert-OH is 1. The van der Waals surface area contributed by atoms with Gasteiger partial charge in [-0.2, -0.15) is 0 Å². The fourth-order valence-corrected chi connectivity index (χ4v) is 4.79. The zero-order valence-electron chi connectivity index (χ0n) is 23.0. The number of allylic oxidation sites excluding steroid dienone is 2. The molecule has 3 heterocycles. The Morgan fingerprint density at radius 1 is 1.31 bits per heavy atom. The van der Waals surface area contributed by atoms with Gasteiger partial charge in [0.2, 0.25) is 5.91 Å². The van der Waals surface area contributed by atoms with Gasteiger partial charge in [-0.25, -0.2) is 9.78 Å². The van der Waals surface area contributed by atoms with Gasteiger partial charge in [-0.05, 0) is 38.8 Å². The number of nitrogens with one attached hydrogen (secondary N) is 1. The van der Waals surface area contributed by atoms with Crippen molar-refractivity contribution in [3.63, 3.8) is 0 Å². The summed E-state index contributed by atoms with van der Waals surface area (Å²) in [5.74, 6) is -1.36. The van der Waals surface area contributed by atoms with E-state index in [0.29, 0.717) is 43.8 Å². The summed E-state index contributed by atoms with van der Waals surface area (Å²) in [6, 6.07) is -0.752. The third-order valence-corrected chi connectivity index (χ3v) is 6.94. The highest BCUT2D eigenvalue weighted by molar-refractivity contribution is 5.95. The van der Waals surface area contributed by atoms with E-state index in [4.69, 9.17) is 14.9 Å². The van der Waals surface area contributed by atoms with Gasteiger partial charge in [0, 0.05) is 31.3 Å². The zero-order chi connectivity index (χ0) is 28.5. The monoisotopic (exact) mass is 540 g/mol. The van der Waals surface area contributed by atoms with E-state index in [1.54, 1.807) is 18.2 Å². The molecule has 0 aromatic carbocycles. The number of aromatic nitrogens is 1. The number of aliphatic hydroxyl groups is 1. The normalized spacial score (nSPS) is 30.0. The third kappa shape index (κ3) is 8.49. The molecule has 5 atom stereocenters. The highest BCUT2D eigenvalue weighted by Crippen LogP contribution is 2.25. The molecular formula is C29H40N4O6. The Morgan fingerprint density at radius 3 is 2.82 bits per heavy atom. The second kappa shape index (κ2) is 14.0. The van der Waals surface area contributed by atoms with Crippen molar-refractivity contribution < 1.29 is 28.6 Å². The van der Waals surface area contributed by atoms with Crippen LogP contribution >= 0.6 is 0 Å². The predicted molar refractivity (Wildman–Crippen MR) is 146 cm³/mol. The molecule has 2 amide bonds. The van der Waals surface area contributed by atoms with Crippen molar-refractivity contribution in [3.8, 4) is 0 Å². The first-order valence-electron chi connectivity index (χ1n) is 13.4. The van der Waals surface area contributed by atoms with Gasteiger partial charge in [0.1, 0.15) is 18.4 Å². The lowest BCUT2D eigenvalue weighted by molar-refractivity contribution is -0.158. The number of carbonyl (C=O) groups excluding carboxylic acids is 3. The number of hydrogen-bond donors (Lipinski definition) is 3. The summed E-state index contributed by atoms with van der Waals surface area (Å²) in [5, 5.41) is 13.2. The molecular weight excluding hydrogens is 500 g/mol. The molecule has 1 unspecified atom stereocenters. The Morgan fingerprint density at radius 2 is 2.08 bits per heavy atom. The van der Waals surface area contributed by atoms with Crippen molar-refractivity contribution in [1.82, 2.24) is 15.2 Å². The first-order chi connectivity index (χ1) is 18.6. The number of oxazole rings is 1. The van der Waals surface area contributed by atoms with Crippen molar-refractivity contribution in [2.45, 2.75) is 64.7 Å². The molecule has 1 fully saturated rings. The Hall–Kier alpha value is -3.50. The number of hydrogen-bond acceptors (Lipinski definition) is 8. The molecule has 3 rings (SSSR count). The third-order valence-electron chi connectivity index (χ3n) is 6.94. The van der Waals surface area contributed by atoms with Gasteiger partial charge in [-0.3, -0.25) is 9.59 Å². The average molecular weight is 541 g/mol. The van der Waals surface area contributed by atoms with Crippen LogP contribution in [0.5, 0.6) is 0 Å². The topological polar surface area (TPSA) is 148 Å². The van der Waals surface area contributed by atoms with Gasteiger partial charge in [-0.15, -0.1) is 0 Å². The molecule has 1 aromatic rings. The highest BCUT2D eigenvalue weighted by atomic mass is 16.5. The molecule has 2 bridgehead atoms. The largest absolute Gasteiger partial charge is 0.460 e. The number of fused-ring (bicyclic) bond motifs is 3. The highest BCUT2D eigenvalue weighted by Gasteiger charge is 2.39. The van der Waals surface area contributed by atoms with Gasteiger partial charge < -0.3 is 30.2 Å². The Kier molecular flexibility index (Phi) is 10.8. The SMILES string of the molecule is C=C1Cc2nc(co2)C(=O)N2CCC[C@@H]2C(=O)O[C@H](C(C)CN)[C@H](C)/C=C/C(=O)NC/C=C/C(C)=C/[C@@H](O)C1. The van der Waals surface area contributed by atoms with Crippen molar-refractivity contribution in [3.05, 3.63) is 66.0 Å². The number of nitrogens with zero attached hydrogens (tertiary/aromatic N) is 2. The minimum absolute atomic E-state index is 0.103. The number of ether oxygens (including phenoxy) is 1. The molecule has 0 aliphatic carbocycles. The first-order valence-corrected chi connectivity index (χ1v) is 13.4. The van der Waals surface area contributed by atoms with E-state index < -0.39 is 30.1 Å². The van der Waals surface area contributed by atoms with Gasteiger partial charge in [0.25, 0.3) is 5.91 Å². The maximum atomic E-state index is 13.3. The van der Waals surface area contributed by atoms with Crippen molar-refractivity contribution in [2.75, 3.05) is 19.6 Å². The fourth-order valence-electron chi connectivity index (χ4n) is 4.79. The molecule has 2 aliphatic heterocycles. The fraction of sp³-hybridized carbons (Fsp3) is 0.517. The van der Waals surface area contributed by atoms with Crippen LogP contribution in [0.25, 0.3) is 0 Å². The van der Waals surface area contributed by atoms with E-state index in [1.807, 2.05) is 26.8 Å². The van der Waals surface area contributed by atoms with Gasteiger partial charge in [-0.1, -0.05) is 55.9 Å². The van der Waals surface area contributed by atoms with Gasteiger partial charge in [0.15, 0.2) is 11.6 Å². The summed E-state index contributed by atoms with van der Waals surface area (Å²) in [6.45, 7) is 10.6. The van der Waals surface area contributed by atoms with Crippen LogP contribution < -0.4 is 11.1 Å². The molecule has 10 nitrogen and oxygen atoms in total. The molecule has 212 valence electrons. The number of cyclic esters (lactones) is 1. The molecule has 10 heteroatoms. The minimum Gasteiger partial charge on any atom is -0.460 e. The average Bonchev–Trinajstić information content (AvgIpc) is 3.57. The second-order valence-electron chi connectivity index (χ2n) is 10.4. The van der Waals surface area contributed by atoms with Crippen molar-refractivity contribution in [1.29, 1.82) is 0 Å². The van der Waals surface area contributed by atoms with E-state index in [-0.39, 0.29) is 36.4 Å². The van der Waals surface area contributed by atoms with E-state index >= 15 is 0 Å². The lowest BCUT2D eigenvalue weighted by Crippen LogP contribution is -2.45. The van der Waals surface area contributed by atoms with Crippen LogP contribution in [-0.4, -0.2) is 70.7 Å². The lowest BCUT2D eigenvalue weighted by Gasteiger charge is -2.30. The maximum Gasteiger partial charge on any atom is 0.329 e. The van der Waals surface area contributed by atoms with E-state index in [2.05, 4.69) is 16.9 Å². The maximum absolute atomic E-state index is 13.3. The van der Waals surface area contributed by atoms with Crippen LogP contribution in [0.4, 0.5) is 0 Å². The minimum atomic E-state index is -0.765. The molecule has 0 radical (unpaired) electrons. The molecule has 0 saturated carbocycles. The number of carbonyl (C=O) groups is 3. The van der Waals surface area contributed by atoms with E-state index in [1.165, 1.54) is 17.2 Å². The quantitative estimate of drug-likeness (QED) is 0.383. The first kappa shape index (κ1) is 30.0. The number of rotatable bonds is 2. The number of esters is 1. The van der Waals surface area contributed by atoms with Crippen LogP contribution in [0, 0.1) is 11.8 Å². The van der Waals surface area contributed by atoms with Crippen molar-refractivity contribution >= 4 is 17.8 Å². The molecule has 1 saturated heterocycles. The Labute approximate surface area is 229 Å². The lowest BCUT2D eigenvalue weighted by atomic mass is 9.92. The molecule has 1 aromatic heterocycles. The van der Waals surface area contributed by atoms with Crippen LogP contribution in [0.1, 0.15) is 56.4 Å². The van der Waals surface area contributed by atoms with Crippen LogP contribution in [0.15, 0.2) is 58.8 Å². The van der Waals surface area contributed by atoms with Gasteiger partial charge >= 0.3 is 5.97 Å². The van der Waals surface area contributed by atoms with Crippen molar-refractivity contribution in [2.24, 2.45) is 17.6 Å². The smallest absolute Gasteiger partial charge is 0.329 e. The number of amides is 2. The van der Waals surface area contributed by atoms with Crippen LogP contribution in [-0.2, 0) is 20.7 Å².